The molecular weight excluding hydrogens is 158 g/mol. The number of oxime groups is 1. The van der Waals surface area contributed by atoms with E-state index in [-0.39, 0.29) is 11.8 Å². The van der Waals surface area contributed by atoms with Crippen molar-refractivity contribution < 1.29 is 9.63 Å². The van der Waals surface area contributed by atoms with Gasteiger partial charge < -0.3 is 15.5 Å². The molecule has 2 heterocycles. The number of amidine groups is 1. The van der Waals surface area contributed by atoms with Crippen LogP contribution in [0.3, 0.4) is 0 Å². The van der Waals surface area contributed by atoms with Gasteiger partial charge in [0.05, 0.1) is 5.92 Å². The van der Waals surface area contributed by atoms with E-state index in [2.05, 4.69) is 15.8 Å². The summed E-state index contributed by atoms with van der Waals surface area (Å²) in [5.74, 6) is 0.832. The molecule has 1 saturated heterocycles. The van der Waals surface area contributed by atoms with Gasteiger partial charge in [0, 0.05) is 19.5 Å². The fourth-order valence-corrected chi connectivity index (χ4v) is 1.12. The predicted octanol–water partition coefficient (Wildman–Crippen LogP) is -0.944. The molecule has 1 fully saturated rings. The second kappa shape index (κ2) is 3.10. The maximum Gasteiger partial charge on any atom is 0.231 e. The largest absolute Gasteiger partial charge is 0.394 e. The van der Waals surface area contributed by atoms with Gasteiger partial charge in [-0.3, -0.25) is 4.79 Å². The van der Waals surface area contributed by atoms with Crippen molar-refractivity contribution in [1.29, 1.82) is 0 Å². The van der Waals surface area contributed by atoms with E-state index in [1.165, 1.54) is 0 Å². The molecule has 0 radical (unpaired) electrons. The summed E-state index contributed by atoms with van der Waals surface area (Å²) >= 11 is 0. The molecular formula is C7H11N3O2. The Hall–Kier alpha value is -1.10. The summed E-state index contributed by atoms with van der Waals surface area (Å²) in [4.78, 5) is 16.0. The summed E-state index contributed by atoms with van der Waals surface area (Å²) < 4.78 is 0. The maximum atomic E-state index is 11.3. The van der Waals surface area contributed by atoms with Crippen LogP contribution in [0.15, 0.2) is 5.16 Å². The average Bonchev–Trinajstić information content (AvgIpc) is 2.34. The lowest BCUT2D eigenvalue weighted by Gasteiger charge is -2.25. The first kappa shape index (κ1) is 7.54. The number of nitrogens with zero attached hydrogens (tertiary/aromatic N) is 1. The first-order chi connectivity index (χ1) is 5.86. The van der Waals surface area contributed by atoms with Crippen molar-refractivity contribution in [2.24, 2.45) is 11.1 Å². The number of carbonyl (C=O) groups is 1. The van der Waals surface area contributed by atoms with Gasteiger partial charge in [0.15, 0.2) is 5.84 Å². The molecule has 0 bridgehead atoms. The van der Waals surface area contributed by atoms with Gasteiger partial charge in [0.25, 0.3) is 0 Å². The molecule has 2 aliphatic rings. The van der Waals surface area contributed by atoms with E-state index < -0.39 is 0 Å². The fraction of sp³-hybridized carbons (Fsp3) is 0.714. The first-order valence-electron chi connectivity index (χ1n) is 4.06. The quantitative estimate of drug-likeness (QED) is 0.532. The Morgan fingerprint density at radius 1 is 1.67 bits per heavy atom. The lowest BCUT2D eigenvalue weighted by atomic mass is 10.0. The minimum absolute atomic E-state index is 0.0537. The third-order valence-corrected chi connectivity index (χ3v) is 2.02. The molecule has 2 aliphatic heterocycles. The normalized spacial score (nSPS) is 22.5. The van der Waals surface area contributed by atoms with Crippen LogP contribution in [0.2, 0.25) is 0 Å². The third-order valence-electron chi connectivity index (χ3n) is 2.02. The molecule has 0 aliphatic carbocycles. The van der Waals surface area contributed by atoms with Gasteiger partial charge >= 0.3 is 0 Å². The molecule has 66 valence electrons. The zero-order valence-corrected chi connectivity index (χ0v) is 6.67. The highest BCUT2D eigenvalue weighted by Crippen LogP contribution is 2.04. The van der Waals surface area contributed by atoms with E-state index in [1.54, 1.807) is 0 Å². The molecule has 0 unspecified atom stereocenters. The van der Waals surface area contributed by atoms with Gasteiger partial charge in [0.2, 0.25) is 5.91 Å². The highest BCUT2D eigenvalue weighted by Gasteiger charge is 2.26. The van der Waals surface area contributed by atoms with Gasteiger partial charge in [0.1, 0.15) is 6.61 Å². The van der Waals surface area contributed by atoms with Crippen LogP contribution < -0.4 is 10.6 Å². The number of hydrogen-bond donors (Lipinski definition) is 2. The predicted molar refractivity (Wildman–Crippen MR) is 42.5 cm³/mol. The Labute approximate surface area is 70.1 Å². The Bertz CT molecular complexity index is 223. The Morgan fingerprint density at radius 3 is 3.00 bits per heavy atom. The van der Waals surface area contributed by atoms with Crippen molar-refractivity contribution in [3.8, 4) is 0 Å². The zero-order chi connectivity index (χ0) is 8.39. The lowest BCUT2D eigenvalue weighted by Crippen LogP contribution is -2.51. The van der Waals surface area contributed by atoms with Crippen molar-refractivity contribution in [3.05, 3.63) is 0 Å². The highest BCUT2D eigenvalue weighted by atomic mass is 16.6. The van der Waals surface area contributed by atoms with Crippen molar-refractivity contribution in [2.75, 3.05) is 19.7 Å². The second-order valence-electron chi connectivity index (χ2n) is 2.97. The maximum absolute atomic E-state index is 11.3. The molecule has 0 aromatic rings. The van der Waals surface area contributed by atoms with E-state index in [0.717, 1.165) is 13.1 Å². The molecule has 2 rings (SSSR count). The van der Waals surface area contributed by atoms with Crippen LogP contribution in [0.25, 0.3) is 0 Å². The molecule has 0 aromatic carbocycles. The molecule has 0 spiro atoms. The zero-order valence-electron chi connectivity index (χ0n) is 6.67. The summed E-state index contributed by atoms with van der Waals surface area (Å²) in [5, 5.41) is 9.44. The smallest absolute Gasteiger partial charge is 0.231 e. The van der Waals surface area contributed by atoms with Gasteiger partial charge in [-0.15, -0.1) is 0 Å². The molecule has 0 aromatic heterocycles. The lowest BCUT2D eigenvalue weighted by molar-refractivity contribution is -0.124. The molecule has 1 amide bonds. The first-order valence-corrected chi connectivity index (χ1v) is 4.06. The average molecular weight is 169 g/mol. The monoisotopic (exact) mass is 169 g/mol. The van der Waals surface area contributed by atoms with Gasteiger partial charge in [-0.2, -0.15) is 0 Å². The topological polar surface area (TPSA) is 62.7 Å². The van der Waals surface area contributed by atoms with E-state index in [1.807, 2.05) is 0 Å². The van der Waals surface area contributed by atoms with Crippen LogP contribution in [0.1, 0.15) is 6.42 Å². The number of carbonyl (C=O) groups excluding carboxylic acids is 1. The van der Waals surface area contributed by atoms with Crippen LogP contribution in [-0.2, 0) is 9.63 Å². The van der Waals surface area contributed by atoms with Crippen LogP contribution in [0, 0.1) is 5.92 Å². The van der Waals surface area contributed by atoms with Crippen LogP contribution in [0.4, 0.5) is 0 Å². The molecule has 12 heavy (non-hydrogen) atoms. The minimum atomic E-state index is 0.0537. The second-order valence-corrected chi connectivity index (χ2v) is 2.97. The van der Waals surface area contributed by atoms with Crippen LogP contribution in [-0.4, -0.2) is 31.4 Å². The molecule has 2 N–H and O–H groups in total. The summed E-state index contributed by atoms with van der Waals surface area (Å²) in [6, 6.07) is 0. The summed E-state index contributed by atoms with van der Waals surface area (Å²) in [6.45, 7) is 2.14. The van der Waals surface area contributed by atoms with E-state index in [4.69, 9.17) is 4.84 Å². The number of nitrogens with one attached hydrogen (secondary N) is 2. The van der Waals surface area contributed by atoms with Crippen molar-refractivity contribution in [3.63, 3.8) is 0 Å². The van der Waals surface area contributed by atoms with Crippen molar-refractivity contribution in [2.45, 2.75) is 6.42 Å². The number of hydrogen-bond acceptors (Lipinski definition) is 4. The third kappa shape index (κ3) is 1.40. The SMILES string of the molecule is O=C(NC1=NOCC1)C1CNC1. The Morgan fingerprint density at radius 2 is 2.50 bits per heavy atom. The van der Waals surface area contributed by atoms with Crippen molar-refractivity contribution >= 4 is 11.7 Å². The highest BCUT2D eigenvalue weighted by molar-refractivity contribution is 5.99. The van der Waals surface area contributed by atoms with E-state index in [0.29, 0.717) is 18.9 Å². The molecule has 0 saturated carbocycles. The molecule has 0 atom stereocenters. The van der Waals surface area contributed by atoms with Crippen LogP contribution in [0.5, 0.6) is 0 Å². The van der Waals surface area contributed by atoms with Gasteiger partial charge in [-0.25, -0.2) is 0 Å². The Kier molecular flexibility index (Phi) is 1.95. The Balaban J connectivity index is 1.81. The fourth-order valence-electron chi connectivity index (χ4n) is 1.12. The summed E-state index contributed by atoms with van der Waals surface area (Å²) in [5.41, 5.74) is 0. The van der Waals surface area contributed by atoms with E-state index in [9.17, 15) is 4.79 Å². The van der Waals surface area contributed by atoms with Gasteiger partial charge in [-0.05, 0) is 0 Å². The standard InChI is InChI=1S/C7H11N3O2/c11-7(5-3-8-4-5)9-6-1-2-12-10-6/h5,8H,1-4H2,(H,9,10,11). The summed E-state index contributed by atoms with van der Waals surface area (Å²) in [7, 11) is 0. The minimum Gasteiger partial charge on any atom is -0.394 e. The molecule has 5 heteroatoms. The summed E-state index contributed by atoms with van der Waals surface area (Å²) in [6.07, 6.45) is 0.714. The van der Waals surface area contributed by atoms with Crippen LogP contribution >= 0.6 is 0 Å². The van der Waals surface area contributed by atoms with Gasteiger partial charge in [-0.1, -0.05) is 5.16 Å². The number of rotatable bonds is 1. The molecule has 5 nitrogen and oxygen atoms in total. The van der Waals surface area contributed by atoms with Crippen molar-refractivity contribution in [1.82, 2.24) is 10.6 Å². The van der Waals surface area contributed by atoms with E-state index >= 15 is 0 Å². The number of amides is 1.